The van der Waals surface area contributed by atoms with Gasteiger partial charge in [-0.1, -0.05) is 17.7 Å². The molecule has 22 heavy (non-hydrogen) atoms. The molecule has 8 heteroatoms. The van der Waals surface area contributed by atoms with Crippen molar-refractivity contribution in [1.29, 1.82) is 0 Å². The fourth-order valence-electron chi connectivity index (χ4n) is 1.79. The lowest BCUT2D eigenvalue weighted by atomic mass is 10.2. The van der Waals surface area contributed by atoms with Gasteiger partial charge in [-0.2, -0.15) is 0 Å². The average molecular weight is 336 g/mol. The normalized spacial score (nSPS) is 11.5. The molecule has 2 aromatic heterocycles. The number of benzene rings is 1. The summed E-state index contributed by atoms with van der Waals surface area (Å²) in [5.74, 6) is -0.150. The van der Waals surface area contributed by atoms with E-state index in [2.05, 4.69) is 15.2 Å². The van der Waals surface area contributed by atoms with Crippen LogP contribution in [0, 0.1) is 0 Å². The summed E-state index contributed by atoms with van der Waals surface area (Å²) in [6.45, 7) is 0. The van der Waals surface area contributed by atoms with Crippen LogP contribution in [-0.2, 0) is 15.6 Å². The van der Waals surface area contributed by atoms with Gasteiger partial charge in [0.2, 0.25) is 21.6 Å². The van der Waals surface area contributed by atoms with Gasteiger partial charge in [0.15, 0.2) is 5.03 Å². The van der Waals surface area contributed by atoms with Gasteiger partial charge in [-0.3, -0.25) is 0 Å². The molecule has 0 aliphatic heterocycles. The molecule has 0 aliphatic rings. The van der Waals surface area contributed by atoms with Crippen molar-refractivity contribution in [2.75, 3.05) is 0 Å². The summed E-state index contributed by atoms with van der Waals surface area (Å²) in [4.78, 5) is 3.83. The molecule has 0 aliphatic carbocycles. The van der Waals surface area contributed by atoms with Crippen molar-refractivity contribution in [3.8, 4) is 11.5 Å². The van der Waals surface area contributed by atoms with Crippen molar-refractivity contribution in [3.63, 3.8) is 0 Å². The van der Waals surface area contributed by atoms with Gasteiger partial charge in [0.05, 0.1) is 0 Å². The summed E-state index contributed by atoms with van der Waals surface area (Å²) in [6, 6.07) is 11.5. The van der Waals surface area contributed by atoms with E-state index in [0.29, 0.717) is 10.6 Å². The van der Waals surface area contributed by atoms with E-state index in [4.69, 9.17) is 16.0 Å². The minimum Gasteiger partial charge on any atom is -0.420 e. The first-order chi connectivity index (χ1) is 10.5. The highest BCUT2D eigenvalue weighted by Crippen LogP contribution is 2.21. The molecular formula is C14H10ClN3O3S. The number of pyridine rings is 1. The third-order valence-corrected chi connectivity index (χ3v) is 4.59. The van der Waals surface area contributed by atoms with Crippen LogP contribution in [0.25, 0.3) is 11.5 Å². The Morgan fingerprint density at radius 2 is 1.82 bits per heavy atom. The van der Waals surface area contributed by atoms with Gasteiger partial charge in [0.1, 0.15) is 5.75 Å². The summed E-state index contributed by atoms with van der Waals surface area (Å²) in [7, 11) is -3.62. The molecule has 0 bridgehead atoms. The van der Waals surface area contributed by atoms with Crippen molar-refractivity contribution in [3.05, 3.63) is 59.6 Å². The second kappa shape index (κ2) is 5.86. The van der Waals surface area contributed by atoms with Crippen LogP contribution in [0.2, 0.25) is 5.02 Å². The predicted octanol–water partition coefficient (Wildman–Crippen LogP) is 2.76. The van der Waals surface area contributed by atoms with Crippen LogP contribution in [0.15, 0.2) is 58.1 Å². The number of hydrogen-bond donors (Lipinski definition) is 0. The van der Waals surface area contributed by atoms with E-state index < -0.39 is 15.6 Å². The summed E-state index contributed by atoms with van der Waals surface area (Å²) in [5, 5.41) is 8.18. The Labute approximate surface area is 131 Å². The molecule has 0 atom stereocenters. The highest BCUT2D eigenvalue weighted by atomic mass is 35.5. The third-order valence-electron chi connectivity index (χ3n) is 2.83. The molecule has 3 rings (SSSR count). The number of aromatic nitrogens is 3. The first kappa shape index (κ1) is 14.7. The average Bonchev–Trinajstić information content (AvgIpc) is 2.97. The SMILES string of the molecule is O=S(=O)(Cc1nnc(-c2ccc(Cl)cc2)o1)c1ccccn1. The van der Waals surface area contributed by atoms with E-state index in [-0.39, 0.29) is 16.8 Å². The summed E-state index contributed by atoms with van der Waals surface area (Å²) >= 11 is 5.81. The first-order valence-electron chi connectivity index (χ1n) is 6.27. The van der Waals surface area contributed by atoms with Gasteiger partial charge in [-0.15, -0.1) is 10.2 Å². The quantitative estimate of drug-likeness (QED) is 0.728. The maximum absolute atomic E-state index is 12.2. The number of nitrogens with zero attached hydrogens (tertiary/aromatic N) is 3. The second-order valence-corrected chi connectivity index (χ2v) is 6.81. The lowest BCUT2D eigenvalue weighted by Crippen LogP contribution is -2.06. The molecule has 2 heterocycles. The monoisotopic (exact) mass is 335 g/mol. The molecule has 0 unspecified atom stereocenters. The number of hydrogen-bond acceptors (Lipinski definition) is 6. The van der Waals surface area contributed by atoms with Gasteiger partial charge in [-0.25, -0.2) is 13.4 Å². The maximum Gasteiger partial charge on any atom is 0.247 e. The van der Waals surface area contributed by atoms with E-state index >= 15 is 0 Å². The summed E-state index contributed by atoms with van der Waals surface area (Å²) in [6.07, 6.45) is 1.42. The van der Waals surface area contributed by atoms with Crippen LogP contribution in [0.5, 0.6) is 0 Å². The largest absolute Gasteiger partial charge is 0.420 e. The molecule has 0 saturated carbocycles. The van der Waals surface area contributed by atoms with Crippen molar-refractivity contribution >= 4 is 21.4 Å². The lowest BCUT2D eigenvalue weighted by molar-refractivity contribution is 0.517. The van der Waals surface area contributed by atoms with E-state index in [0.717, 1.165) is 0 Å². The number of sulfone groups is 1. The Morgan fingerprint density at radius 1 is 1.05 bits per heavy atom. The topological polar surface area (TPSA) is 86.0 Å². The summed E-state index contributed by atoms with van der Waals surface area (Å²) in [5.41, 5.74) is 0.665. The zero-order chi connectivity index (χ0) is 15.6. The van der Waals surface area contributed by atoms with Crippen molar-refractivity contribution in [2.24, 2.45) is 0 Å². The van der Waals surface area contributed by atoms with E-state index in [9.17, 15) is 8.42 Å². The molecule has 1 aromatic carbocycles. The minimum atomic E-state index is -3.62. The van der Waals surface area contributed by atoms with Crippen molar-refractivity contribution in [1.82, 2.24) is 15.2 Å². The molecule has 6 nitrogen and oxygen atoms in total. The van der Waals surface area contributed by atoms with Crippen LogP contribution in [-0.4, -0.2) is 23.6 Å². The molecule has 0 amide bonds. The molecule has 0 radical (unpaired) electrons. The van der Waals surface area contributed by atoms with Crippen LogP contribution in [0.4, 0.5) is 0 Å². The molecule has 0 N–H and O–H groups in total. The van der Waals surface area contributed by atoms with Gasteiger partial charge in [-0.05, 0) is 36.4 Å². The fraction of sp³-hybridized carbons (Fsp3) is 0.0714. The molecule has 0 spiro atoms. The molecule has 112 valence electrons. The van der Waals surface area contributed by atoms with Crippen molar-refractivity contribution in [2.45, 2.75) is 10.8 Å². The smallest absolute Gasteiger partial charge is 0.247 e. The molecule has 0 fully saturated rings. The molecule has 3 aromatic rings. The molecule has 0 saturated heterocycles. The Balaban J connectivity index is 1.84. The van der Waals surface area contributed by atoms with Crippen molar-refractivity contribution < 1.29 is 12.8 Å². The highest BCUT2D eigenvalue weighted by Gasteiger charge is 2.21. The fourth-order valence-corrected chi connectivity index (χ4v) is 3.01. The van der Waals surface area contributed by atoms with E-state index in [1.165, 1.54) is 12.3 Å². The standard InChI is InChI=1S/C14H10ClN3O3S/c15-11-6-4-10(5-7-11)14-18-17-12(21-14)9-22(19,20)13-3-1-2-8-16-13/h1-8H,9H2. The Morgan fingerprint density at radius 3 is 2.50 bits per heavy atom. The van der Waals surface area contributed by atoms with E-state index in [1.807, 2.05) is 0 Å². The number of rotatable bonds is 4. The Kier molecular flexibility index (Phi) is 3.91. The predicted molar refractivity (Wildman–Crippen MR) is 79.9 cm³/mol. The lowest BCUT2D eigenvalue weighted by Gasteiger charge is -1.99. The zero-order valence-corrected chi connectivity index (χ0v) is 12.8. The second-order valence-electron chi connectivity index (χ2n) is 4.43. The minimum absolute atomic E-state index is 0.00982. The van der Waals surface area contributed by atoms with Crippen LogP contribution in [0.1, 0.15) is 5.89 Å². The number of halogens is 1. The maximum atomic E-state index is 12.2. The third kappa shape index (κ3) is 3.15. The first-order valence-corrected chi connectivity index (χ1v) is 8.30. The van der Waals surface area contributed by atoms with E-state index in [1.54, 1.807) is 36.4 Å². The Bertz CT molecular complexity index is 877. The van der Waals surface area contributed by atoms with Gasteiger partial charge in [0, 0.05) is 16.8 Å². The molecular weight excluding hydrogens is 326 g/mol. The Hall–Kier alpha value is -2.25. The highest BCUT2D eigenvalue weighted by molar-refractivity contribution is 7.90. The van der Waals surface area contributed by atoms with Crippen LogP contribution >= 0.6 is 11.6 Å². The zero-order valence-electron chi connectivity index (χ0n) is 11.2. The summed E-state index contributed by atoms with van der Waals surface area (Å²) < 4.78 is 29.8. The van der Waals surface area contributed by atoms with Gasteiger partial charge in [0.25, 0.3) is 0 Å². The van der Waals surface area contributed by atoms with Gasteiger partial charge >= 0.3 is 0 Å². The van der Waals surface area contributed by atoms with Gasteiger partial charge < -0.3 is 4.42 Å². The van der Waals surface area contributed by atoms with Crippen LogP contribution in [0.3, 0.4) is 0 Å². The van der Waals surface area contributed by atoms with Crippen LogP contribution < -0.4 is 0 Å².